The Balaban J connectivity index is 1.96. The number of halogens is 7. The van der Waals surface area contributed by atoms with E-state index in [4.69, 9.17) is 0 Å². The molecule has 3 aromatic carbocycles. The van der Waals surface area contributed by atoms with E-state index in [0.29, 0.717) is 16.1 Å². The molecule has 3 rings (SSSR count). The molecule has 35 heavy (non-hydrogen) atoms. The molecule has 0 spiro atoms. The molecule has 4 nitrogen and oxygen atoms in total. The lowest BCUT2D eigenvalue weighted by atomic mass is 10.1. The van der Waals surface area contributed by atoms with E-state index in [2.05, 4.69) is 5.32 Å². The zero-order valence-electron chi connectivity index (χ0n) is 17.6. The Morgan fingerprint density at radius 3 is 1.83 bits per heavy atom. The first-order valence-corrected chi connectivity index (χ1v) is 10.6. The Hall–Kier alpha value is -3.54. The first kappa shape index (κ1) is 26.1. The second-order valence-electron chi connectivity index (χ2n) is 7.11. The second kappa shape index (κ2) is 10.4. The largest absolute Gasteiger partial charge is 0.422 e. The molecule has 2 amide bonds. The van der Waals surface area contributed by atoms with Crippen LogP contribution in [0.3, 0.4) is 0 Å². The molecule has 0 bridgehead atoms. The Bertz CT molecular complexity index is 1220. The molecule has 0 aromatic heterocycles. The molecule has 1 unspecified atom stereocenters. The molecule has 0 fully saturated rings. The summed E-state index contributed by atoms with van der Waals surface area (Å²) in [5.74, 6) is -11.6. The van der Waals surface area contributed by atoms with Crippen molar-refractivity contribution in [2.45, 2.75) is 23.2 Å². The van der Waals surface area contributed by atoms with Crippen molar-refractivity contribution in [1.82, 2.24) is 0 Å². The van der Waals surface area contributed by atoms with Crippen LogP contribution in [0.15, 0.2) is 59.5 Å². The van der Waals surface area contributed by atoms with Gasteiger partial charge in [-0.3, -0.25) is 9.59 Å². The third kappa shape index (κ3) is 5.94. The van der Waals surface area contributed by atoms with E-state index >= 15 is 0 Å². The minimum absolute atomic E-state index is 0.313. The summed E-state index contributed by atoms with van der Waals surface area (Å²) in [5.41, 5.74) is -3.63. The predicted octanol–water partition coefficient (Wildman–Crippen LogP) is 6.69. The molecule has 0 saturated heterocycles. The van der Waals surface area contributed by atoms with Crippen LogP contribution in [-0.4, -0.2) is 11.8 Å². The monoisotopic (exact) mass is 516 g/mol. The minimum Gasteiger partial charge on any atom is -0.326 e. The van der Waals surface area contributed by atoms with Crippen LogP contribution >= 0.6 is 11.8 Å². The fourth-order valence-corrected chi connectivity index (χ4v) is 4.06. The molecule has 2 N–H and O–H groups in total. The van der Waals surface area contributed by atoms with Crippen LogP contribution in [0.4, 0.5) is 42.1 Å². The van der Waals surface area contributed by atoms with Gasteiger partial charge in [-0.05, 0) is 29.8 Å². The molecule has 0 aliphatic heterocycles. The van der Waals surface area contributed by atoms with Crippen molar-refractivity contribution in [2.24, 2.45) is 0 Å². The van der Waals surface area contributed by atoms with Crippen LogP contribution in [0.1, 0.15) is 23.3 Å². The zero-order chi connectivity index (χ0) is 25.9. The average Bonchev–Trinajstić information content (AvgIpc) is 2.79. The average molecular weight is 516 g/mol. The SMILES string of the molecule is CC(=O)Nc1ccc(SC(C(=O)Nc2c(F)c(F)c(C(F)(F)F)c(F)c2F)c2ccccc2)cc1. The number of rotatable bonds is 6. The van der Waals surface area contributed by atoms with Gasteiger partial charge in [-0.1, -0.05) is 30.3 Å². The van der Waals surface area contributed by atoms with E-state index in [1.54, 1.807) is 23.5 Å². The maximum Gasteiger partial charge on any atom is 0.422 e. The van der Waals surface area contributed by atoms with E-state index in [1.165, 1.54) is 43.3 Å². The number of carbonyl (C=O) groups is 2. The molecular formula is C23H15F7N2O2S. The summed E-state index contributed by atoms with van der Waals surface area (Å²) in [6.45, 7) is 1.31. The highest BCUT2D eigenvalue weighted by atomic mass is 32.2. The van der Waals surface area contributed by atoms with Crippen molar-refractivity contribution in [1.29, 1.82) is 0 Å². The summed E-state index contributed by atoms with van der Waals surface area (Å²) in [7, 11) is 0. The number of carbonyl (C=O) groups excluding carboxylic acids is 2. The van der Waals surface area contributed by atoms with E-state index in [-0.39, 0.29) is 5.91 Å². The number of alkyl halides is 3. The van der Waals surface area contributed by atoms with Crippen LogP contribution in [0, 0.1) is 23.3 Å². The van der Waals surface area contributed by atoms with Gasteiger partial charge in [0.05, 0.1) is 0 Å². The minimum atomic E-state index is -5.70. The predicted molar refractivity (Wildman–Crippen MR) is 116 cm³/mol. The van der Waals surface area contributed by atoms with Crippen molar-refractivity contribution in [3.63, 3.8) is 0 Å². The van der Waals surface area contributed by atoms with E-state index in [9.17, 15) is 40.3 Å². The van der Waals surface area contributed by atoms with Crippen molar-refractivity contribution < 1.29 is 40.3 Å². The number of benzene rings is 3. The van der Waals surface area contributed by atoms with E-state index < -0.39 is 51.9 Å². The van der Waals surface area contributed by atoms with Gasteiger partial charge in [0, 0.05) is 17.5 Å². The molecule has 0 heterocycles. The lowest BCUT2D eigenvalue weighted by molar-refractivity contribution is -0.143. The van der Waals surface area contributed by atoms with Crippen molar-refractivity contribution >= 4 is 35.0 Å². The van der Waals surface area contributed by atoms with Gasteiger partial charge in [-0.25, -0.2) is 17.6 Å². The molecular weight excluding hydrogens is 501 g/mol. The highest BCUT2D eigenvalue weighted by Crippen LogP contribution is 2.40. The van der Waals surface area contributed by atoms with Gasteiger partial charge in [0.2, 0.25) is 11.8 Å². The second-order valence-corrected chi connectivity index (χ2v) is 8.29. The Morgan fingerprint density at radius 2 is 1.34 bits per heavy atom. The summed E-state index contributed by atoms with van der Waals surface area (Å²) in [6, 6.07) is 13.9. The van der Waals surface area contributed by atoms with Crippen LogP contribution in [-0.2, 0) is 15.8 Å². The molecule has 0 aliphatic carbocycles. The van der Waals surface area contributed by atoms with Crippen molar-refractivity contribution in [2.75, 3.05) is 10.6 Å². The standard InChI is InChI=1S/C23H15F7N2O2S/c1-11(33)31-13-7-9-14(10-8-13)35-21(12-5-3-2-4-6-12)22(34)32-20-18(26)16(24)15(23(28,29)30)17(25)19(20)27/h2-10,21H,1H3,(H,31,33)(H,32,34). The van der Waals surface area contributed by atoms with Gasteiger partial charge in [0.15, 0.2) is 23.3 Å². The number of nitrogens with one attached hydrogen (secondary N) is 2. The number of amides is 2. The first-order valence-electron chi connectivity index (χ1n) is 9.73. The third-order valence-corrected chi connectivity index (χ3v) is 5.83. The van der Waals surface area contributed by atoms with Gasteiger partial charge >= 0.3 is 6.18 Å². The highest BCUT2D eigenvalue weighted by Gasteiger charge is 2.42. The lowest BCUT2D eigenvalue weighted by Gasteiger charge is -2.19. The molecule has 1 atom stereocenters. The number of anilines is 2. The number of hydrogen-bond acceptors (Lipinski definition) is 3. The quantitative estimate of drug-likeness (QED) is 0.218. The first-order chi connectivity index (χ1) is 16.4. The van der Waals surface area contributed by atoms with Crippen LogP contribution < -0.4 is 10.6 Å². The van der Waals surface area contributed by atoms with Crippen LogP contribution in [0.2, 0.25) is 0 Å². The zero-order valence-corrected chi connectivity index (χ0v) is 18.5. The summed E-state index contributed by atoms with van der Waals surface area (Å²) in [6.07, 6.45) is -5.70. The van der Waals surface area contributed by atoms with E-state index in [0.717, 1.165) is 11.8 Å². The normalized spacial score (nSPS) is 12.2. The smallest absolute Gasteiger partial charge is 0.326 e. The summed E-state index contributed by atoms with van der Waals surface area (Å²) < 4.78 is 95.0. The fraction of sp³-hybridized carbons (Fsp3) is 0.130. The molecule has 184 valence electrons. The maximum atomic E-state index is 14.3. The van der Waals surface area contributed by atoms with Crippen molar-refractivity contribution in [3.05, 3.63) is 89.0 Å². The van der Waals surface area contributed by atoms with Crippen molar-refractivity contribution in [3.8, 4) is 0 Å². The highest BCUT2D eigenvalue weighted by molar-refractivity contribution is 8.00. The van der Waals surface area contributed by atoms with Gasteiger partial charge < -0.3 is 10.6 Å². The summed E-state index contributed by atoms with van der Waals surface area (Å²) in [5, 5.41) is 3.00. The number of thioether (sulfide) groups is 1. The molecule has 3 aromatic rings. The molecule has 0 saturated carbocycles. The van der Waals surface area contributed by atoms with Gasteiger partial charge in [0.1, 0.15) is 16.5 Å². The van der Waals surface area contributed by atoms with Gasteiger partial charge in [-0.15, -0.1) is 11.8 Å². The fourth-order valence-electron chi connectivity index (χ4n) is 3.04. The van der Waals surface area contributed by atoms with Crippen LogP contribution in [0.5, 0.6) is 0 Å². The topological polar surface area (TPSA) is 58.2 Å². The molecule has 0 aliphatic rings. The third-order valence-electron chi connectivity index (χ3n) is 4.56. The molecule has 12 heteroatoms. The van der Waals surface area contributed by atoms with Crippen LogP contribution in [0.25, 0.3) is 0 Å². The van der Waals surface area contributed by atoms with Gasteiger partial charge in [-0.2, -0.15) is 13.2 Å². The Kier molecular flexibility index (Phi) is 7.73. The Morgan fingerprint density at radius 1 is 0.800 bits per heavy atom. The summed E-state index contributed by atoms with van der Waals surface area (Å²) >= 11 is 0.887. The lowest BCUT2D eigenvalue weighted by Crippen LogP contribution is -2.23. The molecule has 0 radical (unpaired) electrons. The Labute approximate surface area is 198 Å². The summed E-state index contributed by atoms with van der Waals surface area (Å²) in [4.78, 5) is 24.6. The van der Waals surface area contributed by atoms with Gasteiger partial charge in [0.25, 0.3) is 0 Å². The maximum absolute atomic E-state index is 14.3. The number of hydrogen-bond donors (Lipinski definition) is 2. The van der Waals surface area contributed by atoms with E-state index in [1.807, 2.05) is 0 Å².